The molecule has 0 saturated carbocycles. The lowest BCUT2D eigenvalue weighted by molar-refractivity contribution is -0.119. The highest BCUT2D eigenvalue weighted by atomic mass is 35.5. The van der Waals surface area contributed by atoms with E-state index in [0.29, 0.717) is 42.6 Å². The molecule has 1 saturated heterocycles. The zero-order valence-electron chi connectivity index (χ0n) is 30.6. The molecule has 8 nitrogen and oxygen atoms in total. The lowest BCUT2D eigenvalue weighted by Crippen LogP contribution is -2.46. The van der Waals surface area contributed by atoms with Gasteiger partial charge in [0, 0.05) is 51.8 Å². The normalized spacial score (nSPS) is 14.9. The number of aryl methyl sites for hydroxylation is 1. The first-order valence-electron chi connectivity index (χ1n) is 19.3. The molecule has 0 unspecified atom stereocenters. The highest BCUT2D eigenvalue weighted by Crippen LogP contribution is 2.33. The monoisotopic (exact) mass is 730 g/mol. The molecular formula is C40H60Cl2N4O4. The van der Waals surface area contributed by atoms with Crippen LogP contribution in [0.15, 0.2) is 36.4 Å². The molecule has 0 atom stereocenters. The van der Waals surface area contributed by atoms with Gasteiger partial charge in [0.1, 0.15) is 5.75 Å². The summed E-state index contributed by atoms with van der Waals surface area (Å²) in [5.41, 5.74) is 2.85. The maximum absolute atomic E-state index is 13.0. The summed E-state index contributed by atoms with van der Waals surface area (Å²) in [7, 11) is 0. The van der Waals surface area contributed by atoms with Gasteiger partial charge in [0.15, 0.2) is 6.73 Å². The lowest BCUT2D eigenvalue weighted by Gasteiger charge is -2.36. The highest BCUT2D eigenvalue weighted by Gasteiger charge is 2.27. The number of unbranched alkanes of at least 4 members (excludes halogenated alkanes) is 11. The molecule has 0 N–H and O–H groups in total. The Kier molecular flexibility index (Phi) is 17.9. The molecule has 0 spiro atoms. The van der Waals surface area contributed by atoms with E-state index >= 15 is 0 Å². The number of halogens is 2. The Bertz CT molecular complexity index is 1320. The Labute approximate surface area is 311 Å². The molecule has 0 radical (unpaired) electrons. The van der Waals surface area contributed by atoms with E-state index in [1.807, 2.05) is 43.3 Å². The first-order chi connectivity index (χ1) is 24.4. The smallest absolute Gasteiger partial charge is 0.411 e. The van der Waals surface area contributed by atoms with Crippen molar-refractivity contribution in [2.45, 2.75) is 110 Å². The van der Waals surface area contributed by atoms with Crippen molar-refractivity contribution in [3.63, 3.8) is 0 Å². The van der Waals surface area contributed by atoms with E-state index in [-0.39, 0.29) is 18.7 Å². The summed E-state index contributed by atoms with van der Waals surface area (Å²) in [5, 5.41) is 1.22. The number of ether oxygens (including phenoxy) is 2. The van der Waals surface area contributed by atoms with Crippen LogP contribution in [0.3, 0.4) is 0 Å². The van der Waals surface area contributed by atoms with Gasteiger partial charge < -0.3 is 19.3 Å². The van der Waals surface area contributed by atoms with Crippen LogP contribution in [-0.2, 0) is 16.0 Å². The topological polar surface area (TPSA) is 65.6 Å². The minimum Gasteiger partial charge on any atom is -0.494 e. The maximum atomic E-state index is 13.0. The summed E-state index contributed by atoms with van der Waals surface area (Å²) >= 11 is 12.7. The van der Waals surface area contributed by atoms with Crippen molar-refractivity contribution in [1.29, 1.82) is 0 Å². The molecule has 2 aliphatic heterocycles. The Morgan fingerprint density at radius 3 is 2.20 bits per heavy atom. The zero-order valence-corrected chi connectivity index (χ0v) is 32.1. The second kappa shape index (κ2) is 22.3. The van der Waals surface area contributed by atoms with E-state index in [2.05, 4.69) is 16.7 Å². The van der Waals surface area contributed by atoms with Crippen LogP contribution in [0.25, 0.3) is 0 Å². The Hall–Kier alpha value is -2.68. The van der Waals surface area contributed by atoms with Gasteiger partial charge in [-0.2, -0.15) is 0 Å². The predicted molar refractivity (Wildman–Crippen MR) is 207 cm³/mol. The van der Waals surface area contributed by atoms with Gasteiger partial charge in [-0.05, 0) is 62.9 Å². The van der Waals surface area contributed by atoms with Crippen molar-refractivity contribution in [3.8, 4) is 5.75 Å². The number of carbonyl (C=O) groups is 2. The van der Waals surface area contributed by atoms with Gasteiger partial charge in [0.05, 0.1) is 28.0 Å². The third-order valence-electron chi connectivity index (χ3n) is 10.0. The van der Waals surface area contributed by atoms with Crippen LogP contribution in [0.4, 0.5) is 16.2 Å². The third-order valence-corrected chi connectivity index (χ3v) is 10.8. The van der Waals surface area contributed by atoms with Gasteiger partial charge in [0.2, 0.25) is 5.91 Å². The average molecular weight is 732 g/mol. The predicted octanol–water partition coefficient (Wildman–Crippen LogP) is 9.98. The molecular weight excluding hydrogens is 671 g/mol. The number of anilines is 2. The number of hydrogen-bond donors (Lipinski definition) is 0. The Balaban J connectivity index is 1.13. The van der Waals surface area contributed by atoms with Crippen molar-refractivity contribution in [2.24, 2.45) is 0 Å². The summed E-state index contributed by atoms with van der Waals surface area (Å²) in [6.45, 7) is 10.9. The van der Waals surface area contributed by atoms with Crippen molar-refractivity contribution >= 4 is 46.6 Å². The van der Waals surface area contributed by atoms with Crippen molar-refractivity contribution < 1.29 is 19.1 Å². The molecule has 0 aromatic heterocycles. The third kappa shape index (κ3) is 12.8. The first kappa shape index (κ1) is 40.1. The summed E-state index contributed by atoms with van der Waals surface area (Å²) in [5.74, 6) is 0.696. The van der Waals surface area contributed by atoms with Crippen LogP contribution in [0.5, 0.6) is 5.75 Å². The van der Waals surface area contributed by atoms with Gasteiger partial charge in [-0.1, -0.05) is 106 Å². The molecule has 2 aromatic rings. The van der Waals surface area contributed by atoms with Crippen molar-refractivity contribution in [3.05, 3.63) is 52.0 Å². The van der Waals surface area contributed by atoms with Crippen LogP contribution < -0.4 is 14.5 Å². The molecule has 0 aliphatic carbocycles. The molecule has 4 rings (SSSR count). The summed E-state index contributed by atoms with van der Waals surface area (Å²) in [6.07, 6.45) is 16.7. The molecule has 2 aliphatic rings. The minimum absolute atomic E-state index is 0.0337. The summed E-state index contributed by atoms with van der Waals surface area (Å²) in [4.78, 5) is 34.0. The second-order valence-electron chi connectivity index (χ2n) is 13.7. The van der Waals surface area contributed by atoms with Gasteiger partial charge in [-0.3, -0.25) is 14.6 Å². The molecule has 1 fully saturated rings. The van der Waals surface area contributed by atoms with Crippen LogP contribution >= 0.6 is 23.2 Å². The fourth-order valence-electron chi connectivity index (χ4n) is 6.88. The van der Waals surface area contributed by atoms with Crippen LogP contribution in [0.2, 0.25) is 10.0 Å². The van der Waals surface area contributed by atoms with E-state index in [9.17, 15) is 9.59 Å². The average Bonchev–Trinajstić information content (AvgIpc) is 3.13. The second-order valence-corrected chi connectivity index (χ2v) is 14.5. The molecule has 278 valence electrons. The van der Waals surface area contributed by atoms with Crippen LogP contribution in [0.1, 0.15) is 109 Å². The summed E-state index contributed by atoms with van der Waals surface area (Å²) < 4.78 is 11.8. The fraction of sp³-hybridized carbons (Fsp3) is 0.650. The standard InChI is InChI=1S/C40H60Cl2N4O4/c1-3-5-6-7-8-9-10-11-12-13-14-25-44(4-2)40(48)50-32-46-37-31-34(22-20-33(37)21-23-38(46)47)49-30-16-15-24-43-26-28-45(29-27-43)36-19-17-18-35(41)39(36)42/h17-20,22,31H,3-16,21,23-30,32H2,1-2H3. The number of hydrogen-bond acceptors (Lipinski definition) is 6. The lowest BCUT2D eigenvalue weighted by atomic mass is 10.0. The molecule has 2 aromatic carbocycles. The van der Waals surface area contributed by atoms with Crippen molar-refractivity contribution in [2.75, 3.05) is 69.0 Å². The van der Waals surface area contributed by atoms with E-state index in [1.165, 1.54) is 57.8 Å². The van der Waals surface area contributed by atoms with Gasteiger partial charge in [-0.15, -0.1) is 0 Å². The van der Waals surface area contributed by atoms with E-state index in [1.54, 1.807) is 9.80 Å². The SMILES string of the molecule is CCCCCCCCCCCCCN(CC)C(=O)OCN1C(=O)CCc2ccc(OCCCCN3CCN(c4cccc(Cl)c4Cl)CC3)cc21. The first-order valence-corrected chi connectivity index (χ1v) is 20.1. The molecule has 0 bridgehead atoms. The van der Waals surface area contributed by atoms with Gasteiger partial charge in [-0.25, -0.2) is 4.79 Å². The molecule has 50 heavy (non-hydrogen) atoms. The Morgan fingerprint density at radius 2 is 1.50 bits per heavy atom. The van der Waals surface area contributed by atoms with Crippen molar-refractivity contribution in [1.82, 2.24) is 9.80 Å². The van der Waals surface area contributed by atoms with Crippen LogP contribution in [0, 0.1) is 0 Å². The number of benzene rings is 2. The van der Waals surface area contributed by atoms with Gasteiger partial charge in [0.25, 0.3) is 0 Å². The highest BCUT2D eigenvalue weighted by molar-refractivity contribution is 6.43. The number of rotatable bonds is 22. The number of fused-ring (bicyclic) bond motifs is 1. The largest absolute Gasteiger partial charge is 0.494 e. The number of nitrogens with zero attached hydrogens (tertiary/aromatic N) is 4. The molecule has 2 amide bonds. The van der Waals surface area contributed by atoms with E-state index in [0.717, 1.165) is 81.1 Å². The Morgan fingerprint density at radius 1 is 0.800 bits per heavy atom. The van der Waals surface area contributed by atoms with E-state index in [4.69, 9.17) is 32.7 Å². The van der Waals surface area contributed by atoms with E-state index < -0.39 is 0 Å². The zero-order chi connectivity index (χ0) is 35.6. The number of carbonyl (C=O) groups excluding carboxylic acids is 2. The fourth-order valence-corrected chi connectivity index (χ4v) is 7.30. The van der Waals surface area contributed by atoms with Crippen LogP contribution in [-0.4, -0.2) is 81.0 Å². The number of amides is 2. The summed E-state index contributed by atoms with van der Waals surface area (Å²) in [6, 6.07) is 11.7. The number of piperazine rings is 1. The van der Waals surface area contributed by atoms with Gasteiger partial charge >= 0.3 is 6.09 Å². The maximum Gasteiger partial charge on any atom is 0.411 e. The quantitative estimate of drug-likeness (QED) is 0.112. The molecule has 10 heteroatoms. The molecule has 2 heterocycles. The minimum atomic E-state index is -0.360.